The molecule has 0 saturated carbocycles. The third-order valence-corrected chi connectivity index (χ3v) is 13.2. The molecular weight excluding hydrogens is 925 g/mol. The van der Waals surface area contributed by atoms with Gasteiger partial charge in [-0.3, -0.25) is 14.4 Å². The average Bonchev–Trinajstić information content (AvgIpc) is 3.41. The lowest BCUT2D eigenvalue weighted by atomic mass is 10.0. The van der Waals surface area contributed by atoms with Gasteiger partial charge in [0.2, 0.25) is 0 Å². The van der Waals surface area contributed by atoms with Crippen molar-refractivity contribution in [2.24, 2.45) is 0 Å². The van der Waals surface area contributed by atoms with Crippen molar-refractivity contribution >= 4 is 17.9 Å². The smallest absolute Gasteiger partial charge is 0.306 e. The fourth-order valence-corrected chi connectivity index (χ4v) is 8.54. The molecule has 1 unspecified atom stereocenters. The fourth-order valence-electron chi connectivity index (χ4n) is 8.54. The van der Waals surface area contributed by atoms with E-state index in [4.69, 9.17) is 14.2 Å². The van der Waals surface area contributed by atoms with E-state index >= 15 is 0 Å². The van der Waals surface area contributed by atoms with Gasteiger partial charge in [0.25, 0.3) is 0 Å². The highest BCUT2D eigenvalue weighted by Crippen LogP contribution is 2.16. The predicted molar refractivity (Wildman–Crippen MR) is 325 cm³/mol. The van der Waals surface area contributed by atoms with E-state index in [1.807, 2.05) is 6.08 Å². The Hall–Kier alpha value is -3.93. The van der Waals surface area contributed by atoms with Crippen LogP contribution in [0.15, 0.2) is 109 Å². The summed E-state index contributed by atoms with van der Waals surface area (Å²) in [6.07, 6.45) is 85.5. The molecule has 75 heavy (non-hydrogen) atoms. The normalized spacial score (nSPS) is 12.8. The van der Waals surface area contributed by atoms with Crippen LogP contribution in [0.5, 0.6) is 0 Å². The van der Waals surface area contributed by atoms with Crippen LogP contribution in [-0.2, 0) is 28.6 Å². The van der Waals surface area contributed by atoms with E-state index in [-0.39, 0.29) is 31.6 Å². The summed E-state index contributed by atoms with van der Waals surface area (Å²) in [5.41, 5.74) is 0. The number of carbonyl (C=O) groups excluding carboxylic acids is 3. The molecule has 0 fully saturated rings. The van der Waals surface area contributed by atoms with Crippen molar-refractivity contribution in [1.29, 1.82) is 0 Å². The summed E-state index contributed by atoms with van der Waals surface area (Å²) < 4.78 is 16.8. The van der Waals surface area contributed by atoms with Gasteiger partial charge in [-0.2, -0.15) is 0 Å². The molecule has 0 N–H and O–H groups in total. The third-order valence-electron chi connectivity index (χ3n) is 13.2. The molecular formula is C69H116O6. The highest BCUT2D eigenvalue weighted by molar-refractivity contribution is 5.71. The molecule has 0 spiro atoms. The minimum Gasteiger partial charge on any atom is -0.462 e. The number of hydrogen-bond acceptors (Lipinski definition) is 6. The summed E-state index contributed by atoms with van der Waals surface area (Å²) in [7, 11) is 0. The summed E-state index contributed by atoms with van der Waals surface area (Å²) in [6, 6.07) is 0. The van der Waals surface area contributed by atoms with Crippen molar-refractivity contribution in [1.82, 2.24) is 0 Å². The molecule has 0 saturated heterocycles. The molecule has 0 aliphatic carbocycles. The monoisotopic (exact) mass is 1040 g/mol. The van der Waals surface area contributed by atoms with Gasteiger partial charge in [-0.25, -0.2) is 0 Å². The number of hydrogen-bond donors (Lipinski definition) is 0. The van der Waals surface area contributed by atoms with Gasteiger partial charge < -0.3 is 14.2 Å². The first-order valence-corrected chi connectivity index (χ1v) is 31.4. The van der Waals surface area contributed by atoms with E-state index in [1.165, 1.54) is 148 Å². The maximum absolute atomic E-state index is 12.8. The standard InChI is InChI=1S/C69H116O6/c1-4-7-10-13-16-19-22-24-26-28-30-31-32-33-34-35-36-37-39-40-42-44-47-50-53-56-59-62-68(71)74-65-66(64-73-67(70)61-58-55-52-49-46-21-18-15-12-9-6-3)75-69(72)63-60-57-54-51-48-45-43-41-38-29-27-25-23-20-17-14-11-8-5-2/h8,11,15,17-18,20,22,24-25,27-28,30,38,41,45,48,54,57,66H,4-7,9-10,12-14,16,19,21,23,26,29,31-37,39-40,42-44,46-47,49-53,55-56,58-65H2,1-3H3/b11-8-,18-15-,20-17-,24-22-,27-25-,30-28-,41-38-,48-45-,57-54-. The number of ether oxygens (including phenoxy) is 3. The Labute approximate surface area is 463 Å². The Morgan fingerprint density at radius 2 is 0.560 bits per heavy atom. The average molecular weight is 1040 g/mol. The summed E-state index contributed by atoms with van der Waals surface area (Å²) >= 11 is 0. The summed E-state index contributed by atoms with van der Waals surface area (Å²) in [5, 5.41) is 0. The van der Waals surface area contributed by atoms with Crippen molar-refractivity contribution in [2.45, 2.75) is 297 Å². The van der Waals surface area contributed by atoms with Gasteiger partial charge in [-0.05, 0) is 109 Å². The molecule has 1 atom stereocenters. The van der Waals surface area contributed by atoms with E-state index in [9.17, 15) is 14.4 Å². The number of esters is 3. The van der Waals surface area contributed by atoms with Crippen molar-refractivity contribution in [3.8, 4) is 0 Å². The minimum absolute atomic E-state index is 0.111. The number of rotatable bonds is 56. The lowest BCUT2D eigenvalue weighted by molar-refractivity contribution is -0.166. The minimum atomic E-state index is -0.823. The fraction of sp³-hybridized carbons (Fsp3) is 0.696. The molecule has 6 heteroatoms. The Balaban J connectivity index is 4.33. The first-order valence-electron chi connectivity index (χ1n) is 31.4. The van der Waals surface area contributed by atoms with Crippen molar-refractivity contribution in [3.63, 3.8) is 0 Å². The van der Waals surface area contributed by atoms with E-state index < -0.39 is 12.1 Å². The zero-order valence-corrected chi connectivity index (χ0v) is 49.0. The topological polar surface area (TPSA) is 78.9 Å². The van der Waals surface area contributed by atoms with E-state index in [1.54, 1.807) is 0 Å². The Morgan fingerprint density at radius 3 is 0.920 bits per heavy atom. The molecule has 0 bridgehead atoms. The van der Waals surface area contributed by atoms with Crippen LogP contribution in [0.2, 0.25) is 0 Å². The lowest BCUT2D eigenvalue weighted by Crippen LogP contribution is -2.30. The van der Waals surface area contributed by atoms with Gasteiger partial charge in [-0.15, -0.1) is 0 Å². The molecule has 0 aromatic heterocycles. The molecule has 0 aliphatic rings. The maximum atomic E-state index is 12.8. The SMILES string of the molecule is CC/C=C\C/C=C\C/C=C\C/C=C\C/C=C\C/C=C\CCC(=O)OC(COC(=O)CCCCCCC/C=C\CCCC)COC(=O)CCCCCCCCCCCCCCCCC/C=C\C/C=C\CCCCCCC. The highest BCUT2D eigenvalue weighted by Gasteiger charge is 2.19. The number of carbonyl (C=O) groups is 3. The van der Waals surface area contributed by atoms with Crippen molar-refractivity contribution in [3.05, 3.63) is 109 Å². The van der Waals surface area contributed by atoms with Crippen LogP contribution in [0.1, 0.15) is 290 Å². The second-order valence-corrected chi connectivity index (χ2v) is 20.6. The molecule has 0 aromatic carbocycles. The zero-order valence-electron chi connectivity index (χ0n) is 49.0. The Bertz CT molecular complexity index is 1520. The largest absolute Gasteiger partial charge is 0.462 e. The Kier molecular flexibility index (Phi) is 59.3. The van der Waals surface area contributed by atoms with Gasteiger partial charge in [0.1, 0.15) is 13.2 Å². The molecule has 0 radical (unpaired) electrons. The van der Waals surface area contributed by atoms with Gasteiger partial charge in [0, 0.05) is 19.3 Å². The highest BCUT2D eigenvalue weighted by atomic mass is 16.6. The number of allylic oxidation sites excluding steroid dienone is 18. The summed E-state index contributed by atoms with van der Waals surface area (Å²) in [5.74, 6) is -1.00. The first-order chi connectivity index (χ1) is 37.0. The molecule has 0 aromatic rings. The summed E-state index contributed by atoms with van der Waals surface area (Å²) in [4.78, 5) is 38.2. The Morgan fingerprint density at radius 1 is 0.280 bits per heavy atom. The summed E-state index contributed by atoms with van der Waals surface area (Å²) in [6.45, 7) is 6.42. The van der Waals surface area contributed by atoms with Crippen LogP contribution >= 0.6 is 0 Å². The van der Waals surface area contributed by atoms with Crippen LogP contribution in [0.25, 0.3) is 0 Å². The molecule has 6 nitrogen and oxygen atoms in total. The zero-order chi connectivity index (χ0) is 54.3. The van der Waals surface area contributed by atoms with Crippen LogP contribution in [-0.4, -0.2) is 37.2 Å². The first kappa shape index (κ1) is 71.1. The van der Waals surface area contributed by atoms with Crippen LogP contribution in [0.4, 0.5) is 0 Å². The lowest BCUT2D eigenvalue weighted by Gasteiger charge is -2.18. The van der Waals surface area contributed by atoms with Gasteiger partial charge in [0.05, 0.1) is 0 Å². The van der Waals surface area contributed by atoms with Crippen molar-refractivity contribution < 1.29 is 28.6 Å². The molecule has 428 valence electrons. The predicted octanol–water partition coefficient (Wildman–Crippen LogP) is 21.4. The number of unbranched alkanes of at least 4 members (excludes halogenated alkanes) is 27. The third kappa shape index (κ3) is 60.8. The van der Waals surface area contributed by atoms with Crippen LogP contribution in [0, 0.1) is 0 Å². The van der Waals surface area contributed by atoms with Crippen molar-refractivity contribution in [2.75, 3.05) is 13.2 Å². The van der Waals surface area contributed by atoms with Gasteiger partial charge in [0.15, 0.2) is 6.10 Å². The molecule has 0 amide bonds. The van der Waals surface area contributed by atoms with Crippen LogP contribution in [0.3, 0.4) is 0 Å². The van der Waals surface area contributed by atoms with Gasteiger partial charge in [-0.1, -0.05) is 271 Å². The molecule has 0 aliphatic heterocycles. The van der Waals surface area contributed by atoms with Crippen LogP contribution < -0.4 is 0 Å². The van der Waals surface area contributed by atoms with E-state index in [2.05, 4.69) is 124 Å². The van der Waals surface area contributed by atoms with E-state index in [0.29, 0.717) is 19.3 Å². The quantitative estimate of drug-likeness (QED) is 0.0261. The van der Waals surface area contributed by atoms with E-state index in [0.717, 1.165) is 96.3 Å². The van der Waals surface area contributed by atoms with Gasteiger partial charge >= 0.3 is 17.9 Å². The second-order valence-electron chi connectivity index (χ2n) is 20.6. The maximum Gasteiger partial charge on any atom is 0.306 e. The molecule has 0 heterocycles. The second kappa shape index (κ2) is 62.6. The molecule has 0 rings (SSSR count).